The number of para-hydroxylation sites is 1. The van der Waals surface area contributed by atoms with Gasteiger partial charge in [0.15, 0.2) is 11.5 Å². The van der Waals surface area contributed by atoms with Crippen LogP contribution in [-0.2, 0) is 4.79 Å². The van der Waals surface area contributed by atoms with Crippen molar-refractivity contribution in [3.63, 3.8) is 0 Å². The van der Waals surface area contributed by atoms with E-state index in [0.29, 0.717) is 30.0 Å². The molecular weight excluding hydrogens is 262 g/mol. The van der Waals surface area contributed by atoms with Crippen molar-refractivity contribution < 1.29 is 24.2 Å². The molecule has 1 amide bonds. The molecule has 6 heteroatoms. The van der Waals surface area contributed by atoms with Gasteiger partial charge >= 0.3 is 5.97 Å². The first kappa shape index (κ1) is 12.8. The van der Waals surface area contributed by atoms with E-state index in [0.717, 1.165) is 12.8 Å². The lowest BCUT2D eigenvalue weighted by molar-refractivity contribution is -0.143. The number of piperidine rings is 1. The summed E-state index contributed by atoms with van der Waals surface area (Å²) in [6.07, 6.45) is 2.14. The van der Waals surface area contributed by atoms with Gasteiger partial charge in [0.1, 0.15) is 6.04 Å². The maximum atomic E-state index is 12.6. The van der Waals surface area contributed by atoms with E-state index in [1.807, 2.05) is 0 Å². The highest BCUT2D eigenvalue weighted by Crippen LogP contribution is 2.36. The third kappa shape index (κ3) is 2.07. The lowest BCUT2D eigenvalue weighted by atomic mass is 10.0. The van der Waals surface area contributed by atoms with Gasteiger partial charge in [0, 0.05) is 6.54 Å². The van der Waals surface area contributed by atoms with Gasteiger partial charge in [0.05, 0.1) is 5.56 Å². The Morgan fingerprint density at radius 2 is 2.10 bits per heavy atom. The van der Waals surface area contributed by atoms with Crippen molar-refractivity contribution in [3.8, 4) is 11.5 Å². The Morgan fingerprint density at radius 1 is 1.25 bits per heavy atom. The van der Waals surface area contributed by atoms with Crippen LogP contribution in [-0.4, -0.2) is 41.3 Å². The maximum Gasteiger partial charge on any atom is 0.326 e. The molecule has 6 nitrogen and oxygen atoms in total. The molecule has 2 heterocycles. The molecule has 1 aromatic carbocycles. The molecule has 0 saturated carbocycles. The average Bonchev–Trinajstić information content (AvgIpc) is 2.94. The first-order chi connectivity index (χ1) is 9.68. The van der Waals surface area contributed by atoms with Gasteiger partial charge in [-0.1, -0.05) is 6.07 Å². The Balaban J connectivity index is 1.92. The van der Waals surface area contributed by atoms with Crippen molar-refractivity contribution in [1.82, 2.24) is 4.90 Å². The van der Waals surface area contributed by atoms with E-state index < -0.39 is 12.0 Å². The summed E-state index contributed by atoms with van der Waals surface area (Å²) in [5.41, 5.74) is 0.369. The number of carbonyl (C=O) groups is 2. The number of carboxylic acids is 1. The fourth-order valence-electron chi connectivity index (χ4n) is 2.68. The van der Waals surface area contributed by atoms with Crippen LogP contribution in [0.5, 0.6) is 11.5 Å². The summed E-state index contributed by atoms with van der Waals surface area (Å²) in [6, 6.07) is 4.32. The van der Waals surface area contributed by atoms with E-state index in [9.17, 15) is 14.7 Å². The highest BCUT2D eigenvalue weighted by Gasteiger charge is 2.34. The quantitative estimate of drug-likeness (QED) is 0.886. The Hall–Kier alpha value is -2.24. The molecule has 1 unspecified atom stereocenters. The summed E-state index contributed by atoms with van der Waals surface area (Å²) in [6.45, 7) is 0.544. The minimum Gasteiger partial charge on any atom is -0.480 e. The predicted molar refractivity (Wildman–Crippen MR) is 68.9 cm³/mol. The highest BCUT2D eigenvalue weighted by atomic mass is 16.7. The summed E-state index contributed by atoms with van der Waals surface area (Å²) < 4.78 is 10.6. The van der Waals surface area contributed by atoms with Crippen molar-refractivity contribution >= 4 is 11.9 Å². The van der Waals surface area contributed by atoms with E-state index in [4.69, 9.17) is 9.47 Å². The summed E-state index contributed by atoms with van der Waals surface area (Å²) in [5, 5.41) is 9.25. The molecule has 1 saturated heterocycles. The van der Waals surface area contributed by atoms with Crippen molar-refractivity contribution in [2.75, 3.05) is 13.3 Å². The lowest BCUT2D eigenvalue weighted by Crippen LogP contribution is -2.48. The van der Waals surface area contributed by atoms with Gasteiger partial charge in [0.2, 0.25) is 6.79 Å². The number of hydrogen-bond donors (Lipinski definition) is 1. The predicted octanol–water partition coefficient (Wildman–Crippen LogP) is 1.49. The Labute approximate surface area is 115 Å². The number of likely N-dealkylation sites (tertiary alicyclic amines) is 1. The van der Waals surface area contributed by atoms with Crippen LogP contribution in [0.1, 0.15) is 29.6 Å². The maximum absolute atomic E-state index is 12.6. The molecule has 106 valence electrons. The van der Waals surface area contributed by atoms with Crippen molar-refractivity contribution in [1.29, 1.82) is 0 Å². The van der Waals surface area contributed by atoms with Crippen LogP contribution in [0.3, 0.4) is 0 Å². The normalized spacial score (nSPS) is 20.8. The fourth-order valence-corrected chi connectivity index (χ4v) is 2.68. The lowest BCUT2D eigenvalue weighted by Gasteiger charge is -2.33. The summed E-state index contributed by atoms with van der Waals surface area (Å²) in [5.74, 6) is -0.325. The summed E-state index contributed by atoms with van der Waals surface area (Å²) in [7, 11) is 0. The van der Waals surface area contributed by atoms with E-state index in [2.05, 4.69) is 0 Å². The zero-order valence-electron chi connectivity index (χ0n) is 10.9. The SMILES string of the molecule is O=C(O)C1CCCCN1C(=O)c1cccc2c1OCO2. The largest absolute Gasteiger partial charge is 0.480 e. The topological polar surface area (TPSA) is 76.1 Å². The number of ether oxygens (including phenoxy) is 2. The van der Waals surface area contributed by atoms with Gasteiger partial charge in [-0.05, 0) is 31.4 Å². The van der Waals surface area contributed by atoms with Gasteiger partial charge < -0.3 is 19.5 Å². The number of aliphatic carboxylic acids is 1. The fraction of sp³-hybridized carbons (Fsp3) is 0.429. The molecule has 1 fully saturated rings. The second-order valence-electron chi connectivity index (χ2n) is 4.89. The van der Waals surface area contributed by atoms with E-state index >= 15 is 0 Å². The van der Waals surface area contributed by atoms with Gasteiger partial charge in [-0.2, -0.15) is 0 Å². The number of amides is 1. The van der Waals surface area contributed by atoms with Crippen LogP contribution in [0.25, 0.3) is 0 Å². The minimum absolute atomic E-state index is 0.0853. The van der Waals surface area contributed by atoms with Crippen molar-refractivity contribution in [2.24, 2.45) is 0 Å². The summed E-state index contributed by atoms with van der Waals surface area (Å²) in [4.78, 5) is 25.3. The molecular formula is C14H15NO5. The van der Waals surface area contributed by atoms with Crippen LogP contribution in [0.2, 0.25) is 0 Å². The second kappa shape index (κ2) is 5.03. The number of nitrogens with zero attached hydrogens (tertiary/aromatic N) is 1. The first-order valence-corrected chi connectivity index (χ1v) is 6.61. The van der Waals surface area contributed by atoms with Crippen LogP contribution >= 0.6 is 0 Å². The number of rotatable bonds is 2. The van der Waals surface area contributed by atoms with Gasteiger partial charge in [0.25, 0.3) is 5.91 Å². The van der Waals surface area contributed by atoms with Crippen molar-refractivity contribution in [2.45, 2.75) is 25.3 Å². The number of benzene rings is 1. The zero-order valence-corrected chi connectivity index (χ0v) is 10.9. The Bertz CT molecular complexity index is 556. The molecule has 2 aliphatic rings. The number of carbonyl (C=O) groups excluding carboxylic acids is 1. The zero-order chi connectivity index (χ0) is 14.1. The molecule has 0 aliphatic carbocycles. The minimum atomic E-state index is -0.956. The van der Waals surface area contributed by atoms with Crippen LogP contribution in [0.15, 0.2) is 18.2 Å². The standard InChI is InChI=1S/C14H15NO5/c16-13(15-7-2-1-5-10(15)14(17)18)9-4-3-6-11-12(9)20-8-19-11/h3-4,6,10H,1-2,5,7-8H2,(H,17,18). The highest BCUT2D eigenvalue weighted by molar-refractivity contribution is 6.00. The van der Waals surface area contributed by atoms with Gasteiger partial charge in [-0.3, -0.25) is 4.79 Å². The number of hydrogen-bond acceptors (Lipinski definition) is 4. The van der Waals surface area contributed by atoms with Crippen LogP contribution < -0.4 is 9.47 Å². The van der Waals surface area contributed by atoms with Crippen LogP contribution in [0.4, 0.5) is 0 Å². The summed E-state index contributed by atoms with van der Waals surface area (Å²) >= 11 is 0. The monoisotopic (exact) mass is 277 g/mol. The van der Waals surface area contributed by atoms with Crippen molar-refractivity contribution in [3.05, 3.63) is 23.8 Å². The molecule has 2 aliphatic heterocycles. The second-order valence-corrected chi connectivity index (χ2v) is 4.89. The number of fused-ring (bicyclic) bond motifs is 1. The van der Waals surface area contributed by atoms with E-state index in [1.54, 1.807) is 18.2 Å². The number of carboxylic acid groups (broad SMARTS) is 1. The molecule has 20 heavy (non-hydrogen) atoms. The van der Waals surface area contributed by atoms with Gasteiger partial charge in [-0.25, -0.2) is 4.79 Å². The molecule has 0 aromatic heterocycles. The van der Waals surface area contributed by atoms with E-state index in [-0.39, 0.29) is 12.7 Å². The Morgan fingerprint density at radius 3 is 2.90 bits per heavy atom. The molecule has 0 spiro atoms. The average molecular weight is 277 g/mol. The third-order valence-electron chi connectivity index (χ3n) is 3.68. The molecule has 1 atom stereocenters. The smallest absolute Gasteiger partial charge is 0.326 e. The molecule has 1 N–H and O–H groups in total. The van der Waals surface area contributed by atoms with Crippen LogP contribution in [0, 0.1) is 0 Å². The first-order valence-electron chi connectivity index (χ1n) is 6.61. The third-order valence-corrected chi connectivity index (χ3v) is 3.68. The van der Waals surface area contributed by atoms with E-state index in [1.165, 1.54) is 4.90 Å². The van der Waals surface area contributed by atoms with Gasteiger partial charge in [-0.15, -0.1) is 0 Å². The molecule has 3 rings (SSSR count). The molecule has 0 radical (unpaired) electrons. The Kier molecular flexibility index (Phi) is 3.22. The molecule has 1 aromatic rings. The molecule has 0 bridgehead atoms.